The number of nitrogens with one attached hydrogen (secondary N) is 1. The Hall–Kier alpha value is -0.910. The fourth-order valence-electron chi connectivity index (χ4n) is 2.63. The molecule has 0 spiro atoms. The van der Waals surface area contributed by atoms with Crippen LogP contribution in [0.15, 0.2) is 29.2 Å². The highest BCUT2D eigenvalue weighted by molar-refractivity contribution is 7.90. The minimum Gasteiger partial charge on any atom is -0.392 e. The molecule has 1 aliphatic carbocycles. The van der Waals surface area contributed by atoms with Crippen LogP contribution in [-0.2, 0) is 16.4 Å². The molecule has 0 amide bonds. The molecular formula is C15H23NO3S. The van der Waals surface area contributed by atoms with Gasteiger partial charge in [-0.2, -0.15) is 0 Å². The second kappa shape index (κ2) is 6.70. The summed E-state index contributed by atoms with van der Waals surface area (Å²) in [5.41, 5.74) is 1.04. The average Bonchev–Trinajstić information content (AvgIpc) is 2.61. The number of rotatable bonds is 4. The predicted octanol–water partition coefficient (Wildman–Crippen LogP) is 1.87. The highest BCUT2D eigenvalue weighted by Gasteiger charge is 2.20. The first kappa shape index (κ1) is 15.5. The summed E-state index contributed by atoms with van der Waals surface area (Å²) in [6, 6.07) is 7.07. The van der Waals surface area contributed by atoms with E-state index >= 15 is 0 Å². The van der Waals surface area contributed by atoms with E-state index in [4.69, 9.17) is 0 Å². The molecular weight excluding hydrogens is 274 g/mol. The van der Waals surface area contributed by atoms with E-state index in [9.17, 15) is 13.5 Å². The number of aliphatic hydroxyl groups excluding tert-OH is 1. The fraction of sp³-hybridized carbons (Fsp3) is 0.600. The van der Waals surface area contributed by atoms with Crippen molar-refractivity contribution in [3.05, 3.63) is 29.8 Å². The van der Waals surface area contributed by atoms with Crippen molar-refractivity contribution in [3.63, 3.8) is 0 Å². The van der Waals surface area contributed by atoms with Gasteiger partial charge in [-0.1, -0.05) is 31.4 Å². The van der Waals surface area contributed by atoms with Crippen LogP contribution >= 0.6 is 0 Å². The number of sulfone groups is 1. The monoisotopic (exact) mass is 297 g/mol. The number of benzene rings is 1. The summed E-state index contributed by atoms with van der Waals surface area (Å²) < 4.78 is 22.8. The highest BCUT2D eigenvalue weighted by Crippen LogP contribution is 2.18. The molecule has 5 heteroatoms. The molecule has 112 valence electrons. The highest BCUT2D eigenvalue weighted by atomic mass is 32.2. The van der Waals surface area contributed by atoms with Gasteiger partial charge in [0.15, 0.2) is 9.84 Å². The summed E-state index contributed by atoms with van der Waals surface area (Å²) in [5.74, 6) is 0. The fourth-order valence-corrected chi connectivity index (χ4v) is 3.26. The second-order valence-electron chi connectivity index (χ2n) is 5.61. The summed E-state index contributed by atoms with van der Waals surface area (Å²) in [6.07, 6.45) is 6.26. The summed E-state index contributed by atoms with van der Waals surface area (Å²) in [5, 5.41) is 13.4. The Morgan fingerprint density at radius 3 is 2.45 bits per heavy atom. The lowest BCUT2D eigenvalue weighted by molar-refractivity contribution is 0.119. The molecule has 0 bridgehead atoms. The zero-order valence-electron chi connectivity index (χ0n) is 11.9. The van der Waals surface area contributed by atoms with Crippen molar-refractivity contribution in [1.82, 2.24) is 5.32 Å². The third kappa shape index (κ3) is 4.30. The lowest BCUT2D eigenvalue weighted by atomic mass is 10.1. The standard InChI is InChI=1S/C15H23NO3S/c1-20(18,19)13-9-7-12(8-10-13)11-16-14-5-3-2-4-6-15(14)17/h7-10,14-17H,2-6,11H2,1H3. The van der Waals surface area contributed by atoms with Gasteiger partial charge in [0, 0.05) is 18.8 Å². The van der Waals surface area contributed by atoms with Crippen molar-refractivity contribution in [2.24, 2.45) is 0 Å². The maximum atomic E-state index is 11.4. The maximum Gasteiger partial charge on any atom is 0.175 e. The molecule has 0 aromatic heterocycles. The summed E-state index contributed by atoms with van der Waals surface area (Å²) in [7, 11) is -3.13. The summed E-state index contributed by atoms with van der Waals surface area (Å²) in [6.45, 7) is 0.659. The molecule has 1 aromatic carbocycles. The Balaban J connectivity index is 1.93. The molecule has 2 atom stereocenters. The van der Waals surface area contributed by atoms with E-state index in [1.807, 2.05) is 12.1 Å². The van der Waals surface area contributed by atoms with Gasteiger partial charge in [0.2, 0.25) is 0 Å². The van der Waals surface area contributed by atoms with Gasteiger partial charge in [0.25, 0.3) is 0 Å². The van der Waals surface area contributed by atoms with Crippen LogP contribution < -0.4 is 5.32 Å². The number of hydrogen-bond acceptors (Lipinski definition) is 4. The molecule has 1 aliphatic rings. The topological polar surface area (TPSA) is 66.4 Å². The van der Waals surface area contributed by atoms with Crippen LogP contribution in [0.25, 0.3) is 0 Å². The van der Waals surface area contributed by atoms with Gasteiger partial charge in [-0.15, -0.1) is 0 Å². The summed E-state index contributed by atoms with van der Waals surface area (Å²) in [4.78, 5) is 0.343. The van der Waals surface area contributed by atoms with Gasteiger partial charge in [0.1, 0.15) is 0 Å². The first-order chi connectivity index (χ1) is 9.47. The van der Waals surface area contributed by atoms with Crippen LogP contribution in [0.3, 0.4) is 0 Å². The summed E-state index contributed by atoms with van der Waals surface area (Å²) >= 11 is 0. The van der Waals surface area contributed by atoms with E-state index in [1.54, 1.807) is 12.1 Å². The lowest BCUT2D eigenvalue weighted by Crippen LogP contribution is -2.38. The maximum absolute atomic E-state index is 11.4. The van der Waals surface area contributed by atoms with Gasteiger partial charge in [-0.3, -0.25) is 0 Å². The third-order valence-corrected chi connectivity index (χ3v) is 5.03. The molecule has 0 aliphatic heterocycles. The minimum atomic E-state index is -3.13. The minimum absolute atomic E-state index is 0.145. The van der Waals surface area contributed by atoms with Crippen molar-refractivity contribution < 1.29 is 13.5 Å². The molecule has 1 fully saturated rings. The van der Waals surface area contributed by atoms with Gasteiger partial charge >= 0.3 is 0 Å². The first-order valence-corrected chi connectivity index (χ1v) is 9.06. The van der Waals surface area contributed by atoms with E-state index < -0.39 is 9.84 Å². The van der Waals surface area contributed by atoms with Gasteiger partial charge in [-0.05, 0) is 30.5 Å². The lowest BCUT2D eigenvalue weighted by Gasteiger charge is -2.21. The number of aliphatic hydroxyl groups is 1. The van der Waals surface area contributed by atoms with E-state index in [0.717, 1.165) is 31.2 Å². The number of hydrogen-bond donors (Lipinski definition) is 2. The smallest absolute Gasteiger partial charge is 0.175 e. The van der Waals surface area contributed by atoms with Gasteiger partial charge in [-0.25, -0.2) is 8.42 Å². The molecule has 0 heterocycles. The second-order valence-corrected chi connectivity index (χ2v) is 7.62. The molecule has 4 nitrogen and oxygen atoms in total. The molecule has 0 radical (unpaired) electrons. The van der Waals surface area contributed by atoms with E-state index in [2.05, 4.69) is 5.32 Å². The van der Waals surface area contributed by atoms with Crippen molar-refractivity contribution >= 4 is 9.84 Å². The zero-order valence-corrected chi connectivity index (χ0v) is 12.7. The Bertz CT molecular complexity index is 525. The molecule has 1 saturated carbocycles. The van der Waals surface area contributed by atoms with Gasteiger partial charge in [0.05, 0.1) is 11.0 Å². The van der Waals surface area contributed by atoms with Crippen molar-refractivity contribution in [2.45, 2.75) is 55.7 Å². The largest absolute Gasteiger partial charge is 0.392 e. The van der Waals surface area contributed by atoms with E-state index in [-0.39, 0.29) is 12.1 Å². The predicted molar refractivity (Wildman–Crippen MR) is 79.3 cm³/mol. The SMILES string of the molecule is CS(=O)(=O)c1ccc(CNC2CCCCCC2O)cc1. The van der Waals surface area contributed by atoms with E-state index in [0.29, 0.717) is 11.4 Å². The Labute approximate surface area is 121 Å². The molecule has 20 heavy (non-hydrogen) atoms. The van der Waals surface area contributed by atoms with Crippen LogP contribution in [0.4, 0.5) is 0 Å². The van der Waals surface area contributed by atoms with Crippen LogP contribution in [0.2, 0.25) is 0 Å². The Morgan fingerprint density at radius 2 is 1.80 bits per heavy atom. The first-order valence-electron chi connectivity index (χ1n) is 7.17. The Morgan fingerprint density at radius 1 is 1.15 bits per heavy atom. The molecule has 0 saturated heterocycles. The Kier molecular flexibility index (Phi) is 5.18. The van der Waals surface area contributed by atoms with Crippen molar-refractivity contribution in [3.8, 4) is 0 Å². The zero-order chi connectivity index (χ0) is 14.6. The van der Waals surface area contributed by atoms with Crippen LogP contribution in [0, 0.1) is 0 Å². The molecule has 1 aromatic rings. The third-order valence-electron chi connectivity index (χ3n) is 3.90. The van der Waals surface area contributed by atoms with Crippen LogP contribution in [0.5, 0.6) is 0 Å². The quantitative estimate of drug-likeness (QED) is 0.833. The van der Waals surface area contributed by atoms with E-state index in [1.165, 1.54) is 12.7 Å². The molecule has 2 rings (SSSR count). The van der Waals surface area contributed by atoms with Gasteiger partial charge < -0.3 is 10.4 Å². The van der Waals surface area contributed by atoms with Crippen LogP contribution in [-0.4, -0.2) is 31.9 Å². The van der Waals surface area contributed by atoms with Crippen molar-refractivity contribution in [1.29, 1.82) is 0 Å². The van der Waals surface area contributed by atoms with Crippen molar-refractivity contribution in [2.75, 3.05) is 6.26 Å². The molecule has 2 unspecified atom stereocenters. The van der Waals surface area contributed by atoms with Crippen LogP contribution in [0.1, 0.15) is 37.7 Å². The average molecular weight is 297 g/mol. The normalized spacial score (nSPS) is 24.3. The molecule has 2 N–H and O–H groups in total.